The highest BCUT2D eigenvalue weighted by Gasteiger charge is 2.28. The van der Waals surface area contributed by atoms with Gasteiger partial charge in [-0.05, 0) is 24.4 Å². The van der Waals surface area contributed by atoms with E-state index in [2.05, 4.69) is 4.98 Å². The lowest BCUT2D eigenvalue weighted by atomic mass is 9.95. The number of nitrogen functional groups attached to an aromatic ring is 1. The van der Waals surface area contributed by atoms with E-state index in [1.165, 1.54) is 11.3 Å². The van der Waals surface area contributed by atoms with Crippen LogP contribution in [0.25, 0.3) is 0 Å². The summed E-state index contributed by atoms with van der Waals surface area (Å²) in [6.07, 6.45) is 1.61. The van der Waals surface area contributed by atoms with Crippen molar-refractivity contribution in [1.82, 2.24) is 4.98 Å². The van der Waals surface area contributed by atoms with Crippen LogP contribution < -0.4 is 5.73 Å². The summed E-state index contributed by atoms with van der Waals surface area (Å²) in [4.78, 5) is 4.84. The number of anilines is 1. The Morgan fingerprint density at radius 3 is 2.80 bits per heavy atom. The van der Waals surface area contributed by atoms with Crippen LogP contribution in [-0.4, -0.2) is 10.1 Å². The maximum absolute atomic E-state index is 10.4. The molecule has 0 saturated heterocycles. The van der Waals surface area contributed by atoms with Crippen LogP contribution in [0.1, 0.15) is 17.4 Å². The summed E-state index contributed by atoms with van der Waals surface area (Å²) < 4.78 is 0. The Morgan fingerprint density at radius 2 is 2.20 bits per heavy atom. The molecule has 0 aliphatic carbocycles. The molecule has 0 spiro atoms. The van der Waals surface area contributed by atoms with Crippen molar-refractivity contribution < 1.29 is 5.11 Å². The molecule has 0 aromatic carbocycles. The van der Waals surface area contributed by atoms with E-state index >= 15 is 0 Å². The van der Waals surface area contributed by atoms with Gasteiger partial charge in [-0.3, -0.25) is 0 Å². The second-order valence-corrected chi connectivity index (χ2v) is 4.43. The summed E-state index contributed by atoms with van der Waals surface area (Å²) in [6.45, 7) is 1.73. The number of aromatic nitrogens is 1. The van der Waals surface area contributed by atoms with Gasteiger partial charge >= 0.3 is 0 Å². The molecule has 0 radical (unpaired) electrons. The fraction of sp³-hybridized carbons (Fsp3) is 0.182. The monoisotopic (exact) mass is 220 g/mol. The fourth-order valence-corrected chi connectivity index (χ4v) is 2.32. The normalized spacial score (nSPS) is 14.8. The molecule has 3 nitrogen and oxygen atoms in total. The Hall–Kier alpha value is -1.39. The van der Waals surface area contributed by atoms with Gasteiger partial charge in [0.15, 0.2) is 0 Å². The van der Waals surface area contributed by atoms with Crippen molar-refractivity contribution >= 4 is 17.2 Å². The first-order chi connectivity index (χ1) is 7.12. The molecule has 78 valence electrons. The number of nitrogens with two attached hydrogens (primary N) is 1. The van der Waals surface area contributed by atoms with E-state index in [1.807, 2.05) is 17.5 Å². The van der Waals surface area contributed by atoms with Crippen LogP contribution in [0.15, 0.2) is 35.8 Å². The minimum Gasteiger partial charge on any atom is -0.383 e. The third-order valence-electron chi connectivity index (χ3n) is 2.36. The SMILES string of the molecule is CC(O)(c1cccs1)c1cccnc1N. The van der Waals surface area contributed by atoms with Gasteiger partial charge in [0.05, 0.1) is 0 Å². The number of pyridine rings is 1. The van der Waals surface area contributed by atoms with Crippen LogP contribution in [0.2, 0.25) is 0 Å². The van der Waals surface area contributed by atoms with Gasteiger partial charge in [0.1, 0.15) is 11.4 Å². The first kappa shape index (κ1) is 10.1. The lowest BCUT2D eigenvalue weighted by Crippen LogP contribution is -2.23. The Bertz CT molecular complexity index is 451. The maximum Gasteiger partial charge on any atom is 0.129 e. The van der Waals surface area contributed by atoms with Crippen molar-refractivity contribution in [2.24, 2.45) is 0 Å². The highest BCUT2D eigenvalue weighted by atomic mass is 32.1. The molecule has 0 bridgehead atoms. The second-order valence-electron chi connectivity index (χ2n) is 3.49. The first-order valence-electron chi connectivity index (χ1n) is 4.59. The number of aliphatic hydroxyl groups is 1. The molecule has 1 atom stereocenters. The zero-order chi connectivity index (χ0) is 10.9. The summed E-state index contributed by atoms with van der Waals surface area (Å²) in [5.41, 5.74) is 5.33. The minimum absolute atomic E-state index is 0.371. The number of hydrogen-bond donors (Lipinski definition) is 2. The van der Waals surface area contributed by atoms with Crippen LogP contribution in [-0.2, 0) is 5.60 Å². The van der Waals surface area contributed by atoms with Crippen LogP contribution in [0, 0.1) is 0 Å². The predicted molar refractivity (Wildman–Crippen MR) is 61.6 cm³/mol. The number of hydrogen-bond acceptors (Lipinski definition) is 4. The third kappa shape index (κ3) is 1.73. The zero-order valence-corrected chi connectivity index (χ0v) is 9.16. The molecular formula is C11H12N2OS. The molecule has 3 N–H and O–H groups in total. The van der Waals surface area contributed by atoms with Gasteiger partial charge in [-0.2, -0.15) is 0 Å². The van der Waals surface area contributed by atoms with Crippen molar-refractivity contribution in [3.05, 3.63) is 46.3 Å². The van der Waals surface area contributed by atoms with Gasteiger partial charge < -0.3 is 10.8 Å². The van der Waals surface area contributed by atoms with Gasteiger partial charge in [-0.1, -0.05) is 12.1 Å². The van der Waals surface area contributed by atoms with Gasteiger partial charge in [0.2, 0.25) is 0 Å². The molecule has 1 unspecified atom stereocenters. The van der Waals surface area contributed by atoms with E-state index in [4.69, 9.17) is 5.73 Å². The van der Waals surface area contributed by atoms with Crippen molar-refractivity contribution in [3.8, 4) is 0 Å². The van der Waals surface area contributed by atoms with Crippen LogP contribution in [0.3, 0.4) is 0 Å². The first-order valence-corrected chi connectivity index (χ1v) is 5.47. The predicted octanol–water partition coefficient (Wildman–Crippen LogP) is 1.98. The lowest BCUT2D eigenvalue weighted by molar-refractivity contribution is 0.107. The van der Waals surface area contributed by atoms with E-state index in [0.29, 0.717) is 11.4 Å². The van der Waals surface area contributed by atoms with Crippen LogP contribution >= 0.6 is 11.3 Å². The average molecular weight is 220 g/mol. The summed E-state index contributed by atoms with van der Waals surface area (Å²) in [7, 11) is 0. The van der Waals surface area contributed by atoms with Crippen LogP contribution in [0.5, 0.6) is 0 Å². The lowest BCUT2D eigenvalue weighted by Gasteiger charge is -2.23. The van der Waals surface area contributed by atoms with E-state index in [1.54, 1.807) is 25.3 Å². The molecule has 4 heteroatoms. The molecule has 2 rings (SSSR count). The molecule has 15 heavy (non-hydrogen) atoms. The number of nitrogens with zero attached hydrogens (tertiary/aromatic N) is 1. The zero-order valence-electron chi connectivity index (χ0n) is 8.34. The topological polar surface area (TPSA) is 59.1 Å². The molecule has 0 saturated carbocycles. The Kier molecular flexibility index (Phi) is 2.46. The molecule has 0 aliphatic heterocycles. The molecule has 0 aliphatic rings. The van der Waals surface area contributed by atoms with Gasteiger partial charge in [0.25, 0.3) is 0 Å². The Balaban J connectivity index is 2.51. The molecule has 0 amide bonds. The second kappa shape index (κ2) is 3.64. The van der Waals surface area contributed by atoms with Crippen LogP contribution in [0.4, 0.5) is 5.82 Å². The number of rotatable bonds is 2. The van der Waals surface area contributed by atoms with E-state index in [0.717, 1.165) is 4.88 Å². The number of thiophene rings is 1. The minimum atomic E-state index is -1.06. The largest absolute Gasteiger partial charge is 0.383 e. The molecule has 2 heterocycles. The highest BCUT2D eigenvalue weighted by molar-refractivity contribution is 7.10. The molecular weight excluding hydrogens is 208 g/mol. The maximum atomic E-state index is 10.4. The van der Waals surface area contributed by atoms with Gasteiger partial charge in [-0.15, -0.1) is 11.3 Å². The van der Waals surface area contributed by atoms with E-state index in [9.17, 15) is 5.11 Å². The summed E-state index contributed by atoms with van der Waals surface area (Å²) in [5, 5.41) is 12.3. The fourth-order valence-electron chi connectivity index (χ4n) is 1.52. The van der Waals surface area contributed by atoms with Crippen molar-refractivity contribution in [2.45, 2.75) is 12.5 Å². The van der Waals surface area contributed by atoms with E-state index in [-0.39, 0.29) is 0 Å². The summed E-state index contributed by atoms with van der Waals surface area (Å²) >= 11 is 1.50. The molecule has 2 aromatic rings. The third-order valence-corrected chi connectivity index (χ3v) is 3.44. The van der Waals surface area contributed by atoms with Crippen molar-refractivity contribution in [1.29, 1.82) is 0 Å². The standard InChI is InChI=1S/C11H12N2OS/c1-11(14,9-5-3-7-15-9)8-4-2-6-13-10(8)12/h2-7,14H,1H3,(H2,12,13). The van der Waals surface area contributed by atoms with Gasteiger partial charge in [0, 0.05) is 16.6 Å². The average Bonchev–Trinajstić information content (AvgIpc) is 2.71. The smallest absolute Gasteiger partial charge is 0.129 e. The summed E-state index contributed by atoms with van der Waals surface area (Å²) in [5.74, 6) is 0.371. The molecule has 2 aromatic heterocycles. The van der Waals surface area contributed by atoms with Gasteiger partial charge in [-0.25, -0.2) is 4.98 Å². The molecule has 0 fully saturated rings. The van der Waals surface area contributed by atoms with Crippen molar-refractivity contribution in [3.63, 3.8) is 0 Å². The highest BCUT2D eigenvalue weighted by Crippen LogP contribution is 2.34. The Morgan fingerprint density at radius 1 is 1.40 bits per heavy atom. The Labute approximate surface area is 92.2 Å². The van der Waals surface area contributed by atoms with Crippen molar-refractivity contribution in [2.75, 3.05) is 5.73 Å². The summed E-state index contributed by atoms with van der Waals surface area (Å²) in [6, 6.07) is 7.36. The van der Waals surface area contributed by atoms with E-state index < -0.39 is 5.60 Å². The quantitative estimate of drug-likeness (QED) is 0.813.